The Morgan fingerprint density at radius 3 is 2.90 bits per heavy atom. The second-order valence-corrected chi connectivity index (χ2v) is 5.28. The molecular formula is C15H19N3O3. The molecular weight excluding hydrogens is 270 g/mol. The minimum absolute atomic E-state index is 0.244. The highest BCUT2D eigenvalue weighted by molar-refractivity contribution is 5.54. The first-order chi connectivity index (χ1) is 10.2. The molecule has 0 saturated carbocycles. The quantitative estimate of drug-likeness (QED) is 0.923. The van der Waals surface area contributed by atoms with E-state index < -0.39 is 0 Å². The van der Waals surface area contributed by atoms with Crippen LogP contribution in [0.3, 0.4) is 0 Å². The Morgan fingerprint density at radius 1 is 1.38 bits per heavy atom. The smallest absolute Gasteiger partial charge is 0.257 e. The van der Waals surface area contributed by atoms with Crippen molar-refractivity contribution in [1.29, 1.82) is 0 Å². The molecule has 0 spiro atoms. The van der Waals surface area contributed by atoms with Crippen molar-refractivity contribution < 1.29 is 14.4 Å². The first-order valence-electron chi connectivity index (χ1n) is 7.12. The lowest BCUT2D eigenvalue weighted by atomic mass is 10.1. The normalized spacial score (nSPS) is 19.6. The van der Waals surface area contributed by atoms with Gasteiger partial charge >= 0.3 is 0 Å². The lowest BCUT2D eigenvalue weighted by Crippen LogP contribution is -2.37. The van der Waals surface area contributed by atoms with E-state index in [-0.39, 0.29) is 6.10 Å². The molecule has 2 aromatic rings. The van der Waals surface area contributed by atoms with Crippen LogP contribution < -0.4 is 4.74 Å². The summed E-state index contributed by atoms with van der Waals surface area (Å²) in [5.41, 5.74) is 0.869. The van der Waals surface area contributed by atoms with E-state index in [9.17, 15) is 5.11 Å². The Hall–Kier alpha value is -1.92. The van der Waals surface area contributed by atoms with Crippen molar-refractivity contribution in [2.45, 2.75) is 25.5 Å². The Morgan fingerprint density at radius 2 is 2.19 bits per heavy atom. The number of piperidine rings is 1. The van der Waals surface area contributed by atoms with Crippen molar-refractivity contribution in [2.75, 3.05) is 20.2 Å². The first kappa shape index (κ1) is 14.0. The van der Waals surface area contributed by atoms with Crippen molar-refractivity contribution in [1.82, 2.24) is 15.0 Å². The molecule has 0 aliphatic carbocycles. The maximum atomic E-state index is 9.67. The summed E-state index contributed by atoms with van der Waals surface area (Å²) >= 11 is 0. The van der Waals surface area contributed by atoms with Crippen LogP contribution in [0.25, 0.3) is 11.5 Å². The highest BCUT2D eigenvalue weighted by Gasteiger charge is 2.19. The molecule has 1 aliphatic heterocycles. The van der Waals surface area contributed by atoms with Crippen molar-refractivity contribution >= 4 is 0 Å². The molecule has 1 aromatic heterocycles. The number of hydrogen-bond acceptors (Lipinski definition) is 6. The fraction of sp³-hybridized carbons (Fsp3) is 0.467. The molecule has 1 aliphatic rings. The van der Waals surface area contributed by atoms with E-state index in [1.807, 2.05) is 24.3 Å². The monoisotopic (exact) mass is 289 g/mol. The van der Waals surface area contributed by atoms with Gasteiger partial charge in [-0.3, -0.25) is 4.90 Å². The van der Waals surface area contributed by atoms with E-state index in [2.05, 4.69) is 15.0 Å². The van der Waals surface area contributed by atoms with E-state index in [4.69, 9.17) is 9.26 Å². The van der Waals surface area contributed by atoms with Gasteiger partial charge in [-0.15, -0.1) is 0 Å². The van der Waals surface area contributed by atoms with Crippen LogP contribution in [0.15, 0.2) is 28.8 Å². The summed E-state index contributed by atoms with van der Waals surface area (Å²) < 4.78 is 10.4. The number of nitrogens with zero attached hydrogens (tertiary/aromatic N) is 3. The predicted molar refractivity (Wildman–Crippen MR) is 76.8 cm³/mol. The van der Waals surface area contributed by atoms with Crippen LogP contribution in [0.1, 0.15) is 18.7 Å². The van der Waals surface area contributed by atoms with Crippen LogP contribution >= 0.6 is 0 Å². The van der Waals surface area contributed by atoms with Gasteiger partial charge in [-0.25, -0.2) is 0 Å². The van der Waals surface area contributed by atoms with E-state index in [0.29, 0.717) is 24.8 Å². The average Bonchev–Trinajstić information content (AvgIpc) is 2.96. The van der Waals surface area contributed by atoms with Crippen LogP contribution in [0.5, 0.6) is 5.75 Å². The molecule has 1 fully saturated rings. The molecule has 1 N–H and O–H groups in total. The Kier molecular flexibility index (Phi) is 4.17. The number of aromatic nitrogens is 2. The summed E-state index contributed by atoms with van der Waals surface area (Å²) in [6.07, 6.45) is 1.64. The van der Waals surface area contributed by atoms with Crippen molar-refractivity contribution in [3.8, 4) is 17.2 Å². The lowest BCUT2D eigenvalue weighted by molar-refractivity contribution is 0.0651. The number of hydrogen-bond donors (Lipinski definition) is 1. The van der Waals surface area contributed by atoms with Gasteiger partial charge in [-0.05, 0) is 43.7 Å². The zero-order chi connectivity index (χ0) is 14.7. The van der Waals surface area contributed by atoms with Crippen molar-refractivity contribution in [3.05, 3.63) is 30.1 Å². The molecule has 21 heavy (non-hydrogen) atoms. The number of ether oxygens (including phenoxy) is 1. The molecule has 1 saturated heterocycles. The molecule has 1 aromatic carbocycles. The van der Waals surface area contributed by atoms with E-state index in [0.717, 1.165) is 30.7 Å². The van der Waals surface area contributed by atoms with E-state index in [1.165, 1.54) is 0 Å². The topological polar surface area (TPSA) is 71.6 Å². The summed E-state index contributed by atoms with van der Waals surface area (Å²) in [6, 6.07) is 7.50. The molecule has 6 heteroatoms. The Balaban J connectivity index is 1.67. The van der Waals surface area contributed by atoms with Gasteiger partial charge in [-0.1, -0.05) is 5.16 Å². The summed E-state index contributed by atoms with van der Waals surface area (Å²) in [4.78, 5) is 6.56. The van der Waals surface area contributed by atoms with Gasteiger partial charge in [0.15, 0.2) is 5.82 Å². The number of β-amino-alcohol motifs (C(OH)–C–C–N with tert-alkyl or cyclic N) is 1. The minimum atomic E-state index is -0.244. The summed E-state index contributed by atoms with van der Waals surface area (Å²) in [5.74, 6) is 1.95. The maximum absolute atomic E-state index is 9.67. The van der Waals surface area contributed by atoms with Crippen LogP contribution in [0.2, 0.25) is 0 Å². The number of likely N-dealkylation sites (tertiary alicyclic amines) is 1. The third-order valence-corrected chi connectivity index (χ3v) is 3.65. The maximum Gasteiger partial charge on any atom is 0.257 e. The summed E-state index contributed by atoms with van der Waals surface area (Å²) in [6.45, 7) is 2.24. The second-order valence-electron chi connectivity index (χ2n) is 5.28. The van der Waals surface area contributed by atoms with Crippen LogP contribution in [0.4, 0.5) is 0 Å². The summed E-state index contributed by atoms with van der Waals surface area (Å²) in [5, 5.41) is 13.7. The van der Waals surface area contributed by atoms with Crippen LogP contribution in [0, 0.1) is 0 Å². The largest absolute Gasteiger partial charge is 0.497 e. The van der Waals surface area contributed by atoms with Crippen LogP contribution in [-0.4, -0.2) is 46.5 Å². The zero-order valence-corrected chi connectivity index (χ0v) is 12.0. The highest BCUT2D eigenvalue weighted by atomic mass is 16.5. The molecule has 1 atom stereocenters. The average molecular weight is 289 g/mol. The number of rotatable bonds is 4. The zero-order valence-electron chi connectivity index (χ0n) is 12.0. The molecule has 0 bridgehead atoms. The lowest BCUT2D eigenvalue weighted by Gasteiger charge is -2.28. The van der Waals surface area contributed by atoms with Gasteiger partial charge in [0.25, 0.3) is 5.89 Å². The SMILES string of the molecule is COc1ccc(-c2nc(CN3CCCC(O)C3)no2)cc1. The number of aliphatic hydroxyl groups is 1. The third kappa shape index (κ3) is 3.40. The van der Waals surface area contributed by atoms with Crippen molar-refractivity contribution in [2.24, 2.45) is 0 Å². The van der Waals surface area contributed by atoms with Crippen molar-refractivity contribution in [3.63, 3.8) is 0 Å². The predicted octanol–water partition coefficient (Wildman–Crippen LogP) is 1.70. The fourth-order valence-corrected chi connectivity index (χ4v) is 2.54. The number of methoxy groups -OCH3 is 1. The van der Waals surface area contributed by atoms with E-state index >= 15 is 0 Å². The van der Waals surface area contributed by atoms with Gasteiger partial charge in [0.05, 0.1) is 19.8 Å². The fourth-order valence-electron chi connectivity index (χ4n) is 2.54. The molecule has 3 rings (SSSR count). The Labute approximate surface area is 123 Å². The molecule has 6 nitrogen and oxygen atoms in total. The van der Waals surface area contributed by atoms with Gasteiger partial charge in [0, 0.05) is 12.1 Å². The van der Waals surface area contributed by atoms with Gasteiger partial charge in [0.1, 0.15) is 5.75 Å². The standard InChI is InChI=1S/C15H19N3O3/c1-20-13-6-4-11(5-7-13)15-16-14(17-21-15)10-18-8-2-3-12(19)9-18/h4-7,12,19H,2-3,8-10H2,1H3. The molecule has 112 valence electrons. The number of benzene rings is 1. The van der Waals surface area contributed by atoms with Gasteiger partial charge in [0.2, 0.25) is 0 Å². The van der Waals surface area contributed by atoms with Gasteiger partial charge < -0.3 is 14.4 Å². The first-order valence-corrected chi connectivity index (χ1v) is 7.12. The summed E-state index contributed by atoms with van der Waals surface area (Å²) in [7, 11) is 1.63. The molecule has 1 unspecified atom stereocenters. The molecule has 2 heterocycles. The molecule has 0 radical (unpaired) electrons. The second kappa shape index (κ2) is 6.24. The van der Waals surface area contributed by atoms with Crippen LogP contribution in [-0.2, 0) is 6.54 Å². The van der Waals surface area contributed by atoms with E-state index in [1.54, 1.807) is 7.11 Å². The minimum Gasteiger partial charge on any atom is -0.497 e. The highest BCUT2D eigenvalue weighted by Crippen LogP contribution is 2.21. The Bertz CT molecular complexity index is 582. The number of aliphatic hydroxyl groups excluding tert-OH is 1. The third-order valence-electron chi connectivity index (χ3n) is 3.65. The molecule has 0 amide bonds. The van der Waals surface area contributed by atoms with Gasteiger partial charge in [-0.2, -0.15) is 4.98 Å².